The van der Waals surface area contributed by atoms with E-state index in [0.29, 0.717) is 0 Å². The zero-order valence-corrected chi connectivity index (χ0v) is 11.0. The number of hydrogen-bond donors (Lipinski definition) is 3. The molecule has 0 radical (unpaired) electrons. The maximum absolute atomic E-state index is 15.0. The molecule has 0 bridgehead atoms. The molecule has 1 aromatic carbocycles. The van der Waals surface area contributed by atoms with E-state index in [1.807, 2.05) is 0 Å². The summed E-state index contributed by atoms with van der Waals surface area (Å²) in [5, 5.41) is 11.1. The number of anilines is 1. The number of hydrogen-bond acceptors (Lipinski definition) is 6. The van der Waals surface area contributed by atoms with Crippen LogP contribution in [0.4, 0.5) is 10.1 Å². The SMILES string of the molecule is Nc1cccc2c1C(=O)N(C1(F)CC(O)C(=O)NC1=O)C2=O. The van der Waals surface area contributed by atoms with Crippen molar-refractivity contribution in [2.24, 2.45) is 0 Å². The fourth-order valence-corrected chi connectivity index (χ4v) is 2.56. The van der Waals surface area contributed by atoms with Crippen LogP contribution in [0.15, 0.2) is 18.2 Å². The highest BCUT2D eigenvalue weighted by Gasteiger charge is 2.59. The number of carbonyl (C=O) groups excluding carboxylic acids is 4. The Morgan fingerprint density at radius 2 is 1.95 bits per heavy atom. The second-order valence-corrected chi connectivity index (χ2v) is 5.01. The number of alkyl halides is 1. The number of nitrogens with zero attached hydrogens (tertiary/aromatic N) is 1. The lowest BCUT2D eigenvalue weighted by molar-refractivity contribution is -0.160. The first-order valence-corrected chi connectivity index (χ1v) is 6.27. The van der Waals surface area contributed by atoms with Crippen LogP contribution in [0, 0.1) is 0 Å². The van der Waals surface area contributed by atoms with Crippen LogP contribution >= 0.6 is 0 Å². The van der Waals surface area contributed by atoms with E-state index in [1.54, 1.807) is 5.32 Å². The summed E-state index contributed by atoms with van der Waals surface area (Å²) in [5.41, 5.74) is 5.24. The van der Waals surface area contributed by atoms with E-state index in [9.17, 15) is 24.3 Å². The minimum absolute atomic E-state index is 0.0326. The summed E-state index contributed by atoms with van der Waals surface area (Å²) in [6.07, 6.45) is -2.88. The Hall–Kier alpha value is -2.81. The van der Waals surface area contributed by atoms with Gasteiger partial charge in [-0.3, -0.25) is 24.5 Å². The maximum Gasteiger partial charge on any atom is 0.286 e. The number of piperidine rings is 1. The number of nitrogen functional groups attached to an aromatic ring is 1. The summed E-state index contributed by atoms with van der Waals surface area (Å²) < 4.78 is 15.0. The van der Waals surface area contributed by atoms with Crippen LogP contribution in [0.3, 0.4) is 0 Å². The largest absolute Gasteiger partial charge is 0.398 e. The fourth-order valence-electron chi connectivity index (χ4n) is 2.56. The van der Waals surface area contributed by atoms with Gasteiger partial charge in [-0.1, -0.05) is 6.07 Å². The third-order valence-corrected chi connectivity index (χ3v) is 3.65. The van der Waals surface area contributed by atoms with E-state index in [2.05, 4.69) is 0 Å². The summed E-state index contributed by atoms with van der Waals surface area (Å²) in [6.45, 7) is 0. The van der Waals surface area contributed by atoms with Crippen molar-refractivity contribution in [1.82, 2.24) is 10.2 Å². The molecule has 0 aromatic heterocycles. The van der Waals surface area contributed by atoms with E-state index in [4.69, 9.17) is 5.73 Å². The summed E-state index contributed by atoms with van der Waals surface area (Å²) in [6, 6.07) is 4.04. The number of aliphatic hydroxyl groups excluding tert-OH is 1. The number of carbonyl (C=O) groups is 4. The molecule has 1 aromatic rings. The molecular formula is C13H10FN3O5. The van der Waals surface area contributed by atoms with Gasteiger partial charge in [-0.15, -0.1) is 0 Å². The summed E-state index contributed by atoms with van der Waals surface area (Å²) >= 11 is 0. The maximum atomic E-state index is 15.0. The Labute approximate surface area is 122 Å². The topological polar surface area (TPSA) is 130 Å². The van der Waals surface area contributed by atoms with Crippen LogP contribution in [0.25, 0.3) is 0 Å². The van der Waals surface area contributed by atoms with Gasteiger partial charge in [-0.2, -0.15) is 0 Å². The minimum Gasteiger partial charge on any atom is -0.398 e. The molecule has 22 heavy (non-hydrogen) atoms. The molecule has 0 saturated carbocycles. The van der Waals surface area contributed by atoms with Crippen molar-refractivity contribution < 1.29 is 28.7 Å². The lowest BCUT2D eigenvalue weighted by Gasteiger charge is -2.35. The molecule has 9 heteroatoms. The van der Waals surface area contributed by atoms with Crippen molar-refractivity contribution in [3.8, 4) is 0 Å². The van der Waals surface area contributed by atoms with Crippen molar-refractivity contribution in [3.05, 3.63) is 29.3 Å². The van der Waals surface area contributed by atoms with Crippen molar-refractivity contribution >= 4 is 29.3 Å². The molecule has 0 aliphatic carbocycles. The average Bonchev–Trinajstić information content (AvgIpc) is 2.70. The Kier molecular flexibility index (Phi) is 2.79. The minimum atomic E-state index is -3.16. The lowest BCUT2D eigenvalue weighted by atomic mass is 9.99. The Morgan fingerprint density at radius 3 is 2.59 bits per heavy atom. The third kappa shape index (κ3) is 1.65. The van der Waals surface area contributed by atoms with E-state index < -0.39 is 41.9 Å². The number of imide groups is 2. The predicted molar refractivity (Wildman–Crippen MR) is 69.0 cm³/mol. The molecule has 3 rings (SSSR count). The molecule has 4 N–H and O–H groups in total. The van der Waals surface area contributed by atoms with E-state index in [-0.39, 0.29) is 21.7 Å². The van der Waals surface area contributed by atoms with Crippen molar-refractivity contribution in [3.63, 3.8) is 0 Å². The van der Waals surface area contributed by atoms with Gasteiger partial charge >= 0.3 is 0 Å². The number of amides is 4. The Balaban J connectivity index is 2.09. The Bertz CT molecular complexity index is 749. The van der Waals surface area contributed by atoms with Gasteiger partial charge in [-0.25, -0.2) is 9.29 Å². The molecule has 1 fully saturated rings. The van der Waals surface area contributed by atoms with Crippen LogP contribution < -0.4 is 11.1 Å². The van der Waals surface area contributed by atoms with Crippen molar-refractivity contribution in [2.75, 3.05) is 5.73 Å². The predicted octanol–water partition coefficient (Wildman–Crippen LogP) is -1.06. The first-order chi connectivity index (χ1) is 10.3. The van der Waals surface area contributed by atoms with Crippen molar-refractivity contribution in [2.45, 2.75) is 18.3 Å². The summed E-state index contributed by atoms with van der Waals surface area (Å²) in [5.74, 6) is -7.86. The molecule has 0 spiro atoms. The van der Waals surface area contributed by atoms with Crippen LogP contribution in [-0.4, -0.2) is 45.5 Å². The molecule has 2 aliphatic rings. The summed E-state index contributed by atoms with van der Waals surface area (Å²) in [4.78, 5) is 47.6. The molecule has 114 valence electrons. The smallest absolute Gasteiger partial charge is 0.286 e. The third-order valence-electron chi connectivity index (χ3n) is 3.65. The van der Waals surface area contributed by atoms with Crippen LogP contribution in [0.1, 0.15) is 27.1 Å². The van der Waals surface area contributed by atoms with Crippen molar-refractivity contribution in [1.29, 1.82) is 0 Å². The molecule has 4 amide bonds. The molecule has 1 saturated heterocycles. The number of nitrogens with one attached hydrogen (secondary N) is 1. The zero-order chi connectivity index (χ0) is 16.2. The van der Waals surface area contributed by atoms with Crippen LogP contribution in [0.5, 0.6) is 0 Å². The van der Waals surface area contributed by atoms with Gasteiger partial charge in [0.1, 0.15) is 6.10 Å². The molecule has 2 aliphatic heterocycles. The van der Waals surface area contributed by atoms with E-state index >= 15 is 4.39 Å². The van der Waals surface area contributed by atoms with Gasteiger partial charge in [0.2, 0.25) is 0 Å². The van der Waals surface area contributed by atoms with Gasteiger partial charge in [0, 0.05) is 12.1 Å². The number of nitrogens with two attached hydrogens (primary N) is 1. The van der Waals surface area contributed by atoms with E-state index in [1.165, 1.54) is 18.2 Å². The van der Waals surface area contributed by atoms with Gasteiger partial charge < -0.3 is 10.8 Å². The first kappa shape index (κ1) is 14.1. The first-order valence-electron chi connectivity index (χ1n) is 6.27. The second-order valence-electron chi connectivity index (χ2n) is 5.01. The zero-order valence-electron chi connectivity index (χ0n) is 11.0. The second kappa shape index (κ2) is 4.34. The Morgan fingerprint density at radius 1 is 1.27 bits per heavy atom. The number of fused-ring (bicyclic) bond motifs is 1. The highest BCUT2D eigenvalue weighted by molar-refractivity contribution is 6.26. The quantitative estimate of drug-likeness (QED) is 0.344. The van der Waals surface area contributed by atoms with Gasteiger partial charge in [0.25, 0.3) is 29.4 Å². The number of aliphatic hydroxyl groups is 1. The van der Waals surface area contributed by atoms with E-state index in [0.717, 1.165) is 0 Å². The normalized spacial score (nSPS) is 27.9. The highest BCUT2D eigenvalue weighted by atomic mass is 19.1. The average molecular weight is 307 g/mol. The molecule has 2 atom stereocenters. The molecule has 2 heterocycles. The van der Waals surface area contributed by atoms with Gasteiger partial charge in [-0.05, 0) is 12.1 Å². The standard InChI is InChI=1S/C13H10FN3O5/c14-13(4-7(18)9(19)16-12(13)22)17-10(20)5-2-1-3-6(15)8(5)11(17)21/h1-3,7,18H,4,15H2,(H,16,19,22). The highest BCUT2D eigenvalue weighted by Crippen LogP contribution is 2.37. The molecule has 2 unspecified atom stereocenters. The van der Waals surface area contributed by atoms with Gasteiger partial charge in [0.15, 0.2) is 0 Å². The number of halogens is 1. The number of rotatable bonds is 1. The number of benzene rings is 1. The fraction of sp³-hybridized carbons (Fsp3) is 0.231. The lowest BCUT2D eigenvalue weighted by Crippen LogP contribution is -2.65. The molecular weight excluding hydrogens is 297 g/mol. The molecule has 8 nitrogen and oxygen atoms in total. The van der Waals surface area contributed by atoms with Crippen LogP contribution in [-0.2, 0) is 9.59 Å². The van der Waals surface area contributed by atoms with Gasteiger partial charge in [0.05, 0.1) is 11.1 Å². The monoisotopic (exact) mass is 307 g/mol. The summed E-state index contributed by atoms with van der Waals surface area (Å²) in [7, 11) is 0. The van der Waals surface area contributed by atoms with Crippen LogP contribution in [0.2, 0.25) is 0 Å².